The maximum absolute atomic E-state index is 13.3. The highest BCUT2D eigenvalue weighted by molar-refractivity contribution is 7.92. The van der Waals surface area contributed by atoms with Crippen molar-refractivity contribution in [2.45, 2.75) is 17.7 Å². The summed E-state index contributed by atoms with van der Waals surface area (Å²) in [5.41, 5.74) is 2.43. The molecule has 154 valence electrons. The average Bonchev–Trinajstić information content (AvgIpc) is 2.74. The maximum Gasteiger partial charge on any atom is 0.261 e. The third-order valence-corrected chi connectivity index (χ3v) is 6.89. The number of carbonyl (C=O) groups is 1. The molecular formula is C22H18Cl2N2O3S. The molecule has 1 aliphatic rings. The van der Waals surface area contributed by atoms with Gasteiger partial charge in [0.25, 0.3) is 15.9 Å². The van der Waals surface area contributed by atoms with Crippen LogP contribution in [0.25, 0.3) is 0 Å². The number of rotatable bonds is 4. The minimum absolute atomic E-state index is 0.0458. The molecule has 0 unspecified atom stereocenters. The summed E-state index contributed by atoms with van der Waals surface area (Å²) in [7, 11) is -3.91. The smallest absolute Gasteiger partial charge is 0.261 e. The van der Waals surface area contributed by atoms with Crippen LogP contribution in [0.2, 0.25) is 10.0 Å². The van der Waals surface area contributed by atoms with E-state index in [0.717, 1.165) is 24.1 Å². The summed E-state index contributed by atoms with van der Waals surface area (Å²) >= 11 is 12.1. The van der Waals surface area contributed by atoms with Crippen molar-refractivity contribution in [3.05, 3.63) is 87.9 Å². The molecule has 0 spiro atoms. The van der Waals surface area contributed by atoms with Crippen LogP contribution >= 0.6 is 23.2 Å². The molecule has 0 radical (unpaired) electrons. The summed E-state index contributed by atoms with van der Waals surface area (Å²) in [6, 6.07) is 18.1. The van der Waals surface area contributed by atoms with E-state index in [1.165, 1.54) is 18.2 Å². The number of benzene rings is 3. The Hall–Kier alpha value is -2.54. The quantitative estimate of drug-likeness (QED) is 0.567. The third-order valence-electron chi connectivity index (χ3n) is 4.93. The van der Waals surface area contributed by atoms with Crippen LogP contribution in [0.1, 0.15) is 22.3 Å². The van der Waals surface area contributed by atoms with Crippen molar-refractivity contribution in [3.63, 3.8) is 0 Å². The van der Waals surface area contributed by atoms with Crippen LogP contribution in [0.5, 0.6) is 0 Å². The SMILES string of the molecule is O=C(c1cc(S(=O)(=O)Nc2ccc(Cl)cc2)ccc1Cl)N1CCCc2ccccc21. The Labute approximate surface area is 185 Å². The van der Waals surface area contributed by atoms with Crippen molar-refractivity contribution in [2.75, 3.05) is 16.2 Å². The van der Waals surface area contributed by atoms with Crippen molar-refractivity contribution in [1.29, 1.82) is 0 Å². The number of fused-ring (bicyclic) bond motifs is 1. The topological polar surface area (TPSA) is 66.5 Å². The first kappa shape index (κ1) is 20.7. The minimum atomic E-state index is -3.91. The lowest BCUT2D eigenvalue weighted by Gasteiger charge is -2.29. The fourth-order valence-electron chi connectivity index (χ4n) is 3.46. The number of para-hydroxylation sites is 1. The molecule has 0 aliphatic carbocycles. The normalized spacial score (nSPS) is 13.6. The molecule has 1 amide bonds. The standard InChI is InChI=1S/C22H18Cl2N2O3S/c23-16-7-9-17(10-8-16)25-30(28,29)18-11-12-20(24)19(14-18)22(27)26-13-3-5-15-4-1-2-6-21(15)26/h1-2,4,6-12,14,25H,3,5,13H2. The zero-order chi connectivity index (χ0) is 21.3. The largest absolute Gasteiger partial charge is 0.308 e. The van der Waals surface area contributed by atoms with Gasteiger partial charge in [-0.2, -0.15) is 0 Å². The first-order valence-electron chi connectivity index (χ1n) is 9.33. The van der Waals surface area contributed by atoms with Gasteiger partial charge in [-0.15, -0.1) is 0 Å². The molecule has 1 heterocycles. The van der Waals surface area contributed by atoms with E-state index in [-0.39, 0.29) is 21.4 Å². The zero-order valence-electron chi connectivity index (χ0n) is 15.8. The molecule has 5 nitrogen and oxygen atoms in total. The van der Waals surface area contributed by atoms with Gasteiger partial charge in [0.05, 0.1) is 15.5 Å². The van der Waals surface area contributed by atoms with Gasteiger partial charge >= 0.3 is 0 Å². The van der Waals surface area contributed by atoms with Crippen LogP contribution in [0.15, 0.2) is 71.6 Å². The summed E-state index contributed by atoms with van der Waals surface area (Å²) in [6.45, 7) is 0.548. The number of nitrogens with one attached hydrogen (secondary N) is 1. The first-order valence-corrected chi connectivity index (χ1v) is 11.6. The highest BCUT2D eigenvalue weighted by Crippen LogP contribution is 2.31. The number of anilines is 2. The monoisotopic (exact) mass is 460 g/mol. The van der Waals surface area contributed by atoms with Gasteiger partial charge in [0.15, 0.2) is 0 Å². The number of hydrogen-bond donors (Lipinski definition) is 1. The van der Waals surface area contributed by atoms with Crippen LogP contribution < -0.4 is 9.62 Å². The summed E-state index contributed by atoms with van der Waals surface area (Å²) in [5, 5.41) is 0.702. The molecule has 3 aromatic carbocycles. The van der Waals surface area contributed by atoms with E-state index < -0.39 is 10.0 Å². The van der Waals surface area contributed by atoms with Crippen LogP contribution in [-0.4, -0.2) is 20.9 Å². The van der Waals surface area contributed by atoms with Gasteiger partial charge in [-0.1, -0.05) is 41.4 Å². The second-order valence-electron chi connectivity index (χ2n) is 6.94. The molecule has 0 saturated heterocycles. The Morgan fingerprint density at radius 2 is 1.70 bits per heavy atom. The lowest BCUT2D eigenvalue weighted by Crippen LogP contribution is -2.35. The van der Waals surface area contributed by atoms with Gasteiger partial charge in [-0.3, -0.25) is 9.52 Å². The molecule has 1 aliphatic heterocycles. The molecular weight excluding hydrogens is 443 g/mol. The van der Waals surface area contributed by atoms with E-state index in [4.69, 9.17) is 23.2 Å². The van der Waals surface area contributed by atoms with Gasteiger partial charge in [0, 0.05) is 22.9 Å². The number of aryl methyl sites for hydroxylation is 1. The second-order valence-corrected chi connectivity index (χ2v) is 9.47. The minimum Gasteiger partial charge on any atom is -0.308 e. The third kappa shape index (κ3) is 4.17. The predicted molar refractivity (Wildman–Crippen MR) is 120 cm³/mol. The van der Waals surface area contributed by atoms with E-state index >= 15 is 0 Å². The Morgan fingerprint density at radius 1 is 0.967 bits per heavy atom. The Bertz CT molecular complexity index is 1210. The van der Waals surface area contributed by atoms with Gasteiger partial charge in [0.1, 0.15) is 0 Å². The zero-order valence-corrected chi connectivity index (χ0v) is 18.1. The summed E-state index contributed by atoms with van der Waals surface area (Å²) in [5.74, 6) is -0.323. The van der Waals surface area contributed by atoms with E-state index in [1.807, 2.05) is 24.3 Å². The molecule has 0 bridgehead atoms. The fraction of sp³-hybridized carbons (Fsp3) is 0.136. The molecule has 0 atom stereocenters. The molecule has 0 saturated carbocycles. The number of nitrogens with zero attached hydrogens (tertiary/aromatic N) is 1. The van der Waals surface area contributed by atoms with Crippen molar-refractivity contribution in [1.82, 2.24) is 0 Å². The highest BCUT2D eigenvalue weighted by atomic mass is 35.5. The first-order chi connectivity index (χ1) is 14.3. The summed E-state index contributed by atoms with van der Waals surface area (Å²) in [4.78, 5) is 14.9. The maximum atomic E-state index is 13.3. The molecule has 8 heteroatoms. The van der Waals surface area contributed by atoms with E-state index in [9.17, 15) is 13.2 Å². The fourth-order valence-corrected chi connectivity index (χ4v) is 4.87. The van der Waals surface area contributed by atoms with E-state index in [0.29, 0.717) is 17.3 Å². The van der Waals surface area contributed by atoms with Crippen molar-refractivity contribution < 1.29 is 13.2 Å². The Kier molecular flexibility index (Phi) is 5.73. The van der Waals surface area contributed by atoms with Crippen LogP contribution in [0, 0.1) is 0 Å². The van der Waals surface area contributed by atoms with Crippen LogP contribution in [0.4, 0.5) is 11.4 Å². The average molecular weight is 461 g/mol. The highest BCUT2D eigenvalue weighted by Gasteiger charge is 2.26. The summed E-state index contributed by atoms with van der Waals surface area (Å²) in [6.07, 6.45) is 1.73. The van der Waals surface area contributed by atoms with E-state index in [2.05, 4.69) is 4.72 Å². The second kappa shape index (κ2) is 8.30. The molecule has 30 heavy (non-hydrogen) atoms. The van der Waals surface area contributed by atoms with Crippen molar-refractivity contribution in [3.8, 4) is 0 Å². The Balaban J connectivity index is 1.67. The molecule has 3 aromatic rings. The molecule has 0 fully saturated rings. The number of amides is 1. The predicted octanol–water partition coefficient (Wildman–Crippen LogP) is 5.39. The lowest BCUT2D eigenvalue weighted by molar-refractivity contribution is 0.0985. The van der Waals surface area contributed by atoms with Gasteiger partial charge in [-0.25, -0.2) is 8.42 Å². The van der Waals surface area contributed by atoms with Crippen LogP contribution in [-0.2, 0) is 16.4 Å². The van der Waals surface area contributed by atoms with E-state index in [1.54, 1.807) is 29.2 Å². The Morgan fingerprint density at radius 3 is 2.47 bits per heavy atom. The number of carbonyl (C=O) groups excluding carboxylic acids is 1. The van der Waals surface area contributed by atoms with Gasteiger partial charge in [0.2, 0.25) is 0 Å². The van der Waals surface area contributed by atoms with Crippen LogP contribution in [0.3, 0.4) is 0 Å². The van der Waals surface area contributed by atoms with Gasteiger partial charge < -0.3 is 4.90 Å². The summed E-state index contributed by atoms with van der Waals surface area (Å²) < 4.78 is 28.2. The van der Waals surface area contributed by atoms with Gasteiger partial charge in [-0.05, 0) is 66.9 Å². The lowest BCUT2D eigenvalue weighted by atomic mass is 10.0. The molecule has 1 N–H and O–H groups in total. The number of hydrogen-bond acceptors (Lipinski definition) is 3. The number of sulfonamides is 1. The number of halogens is 2. The molecule has 0 aromatic heterocycles. The molecule has 4 rings (SSSR count). The van der Waals surface area contributed by atoms with Crippen molar-refractivity contribution >= 4 is 50.5 Å². The van der Waals surface area contributed by atoms with Crippen molar-refractivity contribution in [2.24, 2.45) is 0 Å².